The molecule has 0 fully saturated rings. The summed E-state index contributed by atoms with van der Waals surface area (Å²) in [7, 11) is 0. The zero-order chi connectivity index (χ0) is 25.5. The van der Waals surface area contributed by atoms with Gasteiger partial charge in [-0.2, -0.15) is 0 Å². The summed E-state index contributed by atoms with van der Waals surface area (Å²) in [6, 6.07) is 38.5. The van der Waals surface area contributed by atoms with Crippen molar-refractivity contribution >= 4 is 28.1 Å². The summed E-state index contributed by atoms with van der Waals surface area (Å²) < 4.78 is 5.82. The maximum atomic E-state index is 13.5. The van der Waals surface area contributed by atoms with Gasteiger partial charge in [-0.25, -0.2) is 0 Å². The summed E-state index contributed by atoms with van der Waals surface area (Å²) in [6.07, 6.45) is 0.927. The van der Waals surface area contributed by atoms with Crippen molar-refractivity contribution < 1.29 is 9.53 Å². The molecule has 0 bridgehead atoms. The number of hydrogen-bond donors (Lipinski definition) is 2. The second-order valence-corrected chi connectivity index (χ2v) is 8.87. The third-order valence-electron chi connectivity index (χ3n) is 6.33. The molecule has 184 valence electrons. The van der Waals surface area contributed by atoms with Crippen LogP contribution in [0.25, 0.3) is 21.9 Å². The van der Waals surface area contributed by atoms with Crippen molar-refractivity contribution in [2.45, 2.75) is 13.3 Å². The fourth-order valence-electron chi connectivity index (χ4n) is 4.53. The van der Waals surface area contributed by atoms with E-state index in [9.17, 15) is 4.79 Å². The van der Waals surface area contributed by atoms with E-state index in [1.807, 2.05) is 73.7 Å². The van der Waals surface area contributed by atoms with E-state index < -0.39 is 0 Å². The molecule has 0 aliphatic heterocycles. The molecule has 2 N–H and O–H groups in total. The Morgan fingerprint density at radius 3 is 2.38 bits per heavy atom. The van der Waals surface area contributed by atoms with Gasteiger partial charge in [-0.1, -0.05) is 84.9 Å². The molecule has 0 unspecified atom stereocenters. The van der Waals surface area contributed by atoms with Crippen molar-refractivity contribution in [1.82, 2.24) is 0 Å². The third kappa shape index (κ3) is 5.81. The minimum absolute atomic E-state index is 0.202. The second kappa shape index (κ2) is 11.4. The standard InChI is InChI=1S/C33H30N2O2/c1-2-37-32-19-18-26(30-17-8-13-25-12-6-7-16-29(25)30)22-31(32)33(36)35-28-15-9-14-27(23-28)34-21-20-24-10-4-3-5-11-24/h3-19,22-23,34H,2,20-21H2,1H3,(H,35,36). The average Bonchev–Trinajstić information content (AvgIpc) is 2.94. The summed E-state index contributed by atoms with van der Waals surface area (Å²) in [4.78, 5) is 13.5. The minimum atomic E-state index is -0.202. The molecule has 0 aliphatic carbocycles. The normalized spacial score (nSPS) is 10.7. The molecule has 4 heteroatoms. The summed E-state index contributed by atoms with van der Waals surface area (Å²) in [6.45, 7) is 3.21. The van der Waals surface area contributed by atoms with Gasteiger partial charge in [0.1, 0.15) is 5.75 Å². The predicted octanol–water partition coefficient (Wildman–Crippen LogP) is 7.81. The Labute approximate surface area is 217 Å². The Bertz CT molecular complexity index is 1510. The van der Waals surface area contributed by atoms with Crippen LogP contribution in [0.1, 0.15) is 22.8 Å². The Kier molecular flexibility index (Phi) is 7.47. The largest absolute Gasteiger partial charge is 0.493 e. The van der Waals surface area contributed by atoms with Gasteiger partial charge in [-0.3, -0.25) is 4.79 Å². The van der Waals surface area contributed by atoms with E-state index in [0.29, 0.717) is 17.9 Å². The molecule has 5 aromatic rings. The van der Waals surface area contributed by atoms with Crippen molar-refractivity contribution in [2.24, 2.45) is 0 Å². The molecular formula is C33H30N2O2. The monoisotopic (exact) mass is 486 g/mol. The van der Waals surface area contributed by atoms with Crippen LogP contribution in [0.15, 0.2) is 115 Å². The predicted molar refractivity (Wildman–Crippen MR) is 154 cm³/mol. The zero-order valence-corrected chi connectivity index (χ0v) is 20.9. The number of carbonyl (C=O) groups is 1. The van der Waals surface area contributed by atoms with Crippen LogP contribution in [0.2, 0.25) is 0 Å². The van der Waals surface area contributed by atoms with Gasteiger partial charge in [0.25, 0.3) is 5.91 Å². The van der Waals surface area contributed by atoms with Crippen molar-refractivity contribution in [2.75, 3.05) is 23.8 Å². The van der Waals surface area contributed by atoms with Crippen LogP contribution in [0.3, 0.4) is 0 Å². The van der Waals surface area contributed by atoms with E-state index in [4.69, 9.17) is 4.74 Å². The van der Waals surface area contributed by atoms with Crippen molar-refractivity contribution in [3.05, 3.63) is 126 Å². The lowest BCUT2D eigenvalue weighted by molar-refractivity contribution is 0.102. The number of hydrogen-bond acceptors (Lipinski definition) is 3. The van der Waals surface area contributed by atoms with E-state index in [1.54, 1.807) is 0 Å². The van der Waals surface area contributed by atoms with Gasteiger partial charge in [0.2, 0.25) is 0 Å². The highest BCUT2D eigenvalue weighted by molar-refractivity contribution is 6.08. The Hall–Kier alpha value is -4.57. The molecule has 0 spiro atoms. The molecule has 0 saturated heterocycles. The van der Waals surface area contributed by atoms with Crippen LogP contribution in [0.4, 0.5) is 11.4 Å². The lowest BCUT2D eigenvalue weighted by Crippen LogP contribution is -2.14. The molecule has 0 atom stereocenters. The molecule has 0 aliphatic rings. The van der Waals surface area contributed by atoms with Crippen molar-refractivity contribution in [1.29, 1.82) is 0 Å². The fourth-order valence-corrected chi connectivity index (χ4v) is 4.53. The van der Waals surface area contributed by atoms with Crippen LogP contribution in [-0.4, -0.2) is 19.1 Å². The van der Waals surface area contributed by atoms with E-state index in [0.717, 1.165) is 46.2 Å². The van der Waals surface area contributed by atoms with Crippen LogP contribution >= 0.6 is 0 Å². The number of anilines is 2. The number of fused-ring (bicyclic) bond motifs is 1. The highest BCUT2D eigenvalue weighted by atomic mass is 16.5. The highest BCUT2D eigenvalue weighted by Crippen LogP contribution is 2.32. The first-order valence-corrected chi connectivity index (χ1v) is 12.7. The number of amides is 1. The minimum Gasteiger partial charge on any atom is -0.493 e. The van der Waals surface area contributed by atoms with E-state index in [2.05, 4.69) is 59.2 Å². The van der Waals surface area contributed by atoms with Gasteiger partial charge in [-0.05, 0) is 71.1 Å². The van der Waals surface area contributed by atoms with Gasteiger partial charge >= 0.3 is 0 Å². The maximum absolute atomic E-state index is 13.5. The topological polar surface area (TPSA) is 50.4 Å². The lowest BCUT2D eigenvalue weighted by atomic mass is 9.96. The first kappa shape index (κ1) is 24.1. The van der Waals surface area contributed by atoms with Crippen LogP contribution < -0.4 is 15.4 Å². The summed E-state index contributed by atoms with van der Waals surface area (Å²) in [5.41, 5.74) is 5.54. The summed E-state index contributed by atoms with van der Waals surface area (Å²) in [5, 5.41) is 8.82. The molecule has 4 nitrogen and oxygen atoms in total. The smallest absolute Gasteiger partial charge is 0.259 e. The summed E-state index contributed by atoms with van der Waals surface area (Å²) >= 11 is 0. The van der Waals surface area contributed by atoms with Gasteiger partial charge in [0.05, 0.1) is 12.2 Å². The number of carbonyl (C=O) groups excluding carboxylic acids is 1. The molecule has 0 aromatic heterocycles. The molecular weight excluding hydrogens is 456 g/mol. The SMILES string of the molecule is CCOc1ccc(-c2cccc3ccccc23)cc1C(=O)Nc1cccc(NCCc2ccccc2)c1. The van der Waals surface area contributed by atoms with Gasteiger partial charge < -0.3 is 15.4 Å². The molecule has 1 amide bonds. The zero-order valence-electron chi connectivity index (χ0n) is 20.9. The number of nitrogens with one attached hydrogen (secondary N) is 2. The van der Waals surface area contributed by atoms with E-state index in [1.165, 1.54) is 5.56 Å². The quantitative estimate of drug-likeness (QED) is 0.223. The second-order valence-electron chi connectivity index (χ2n) is 8.87. The third-order valence-corrected chi connectivity index (χ3v) is 6.33. The number of ether oxygens (including phenoxy) is 1. The van der Waals surface area contributed by atoms with Crippen molar-refractivity contribution in [3.63, 3.8) is 0 Å². The van der Waals surface area contributed by atoms with Crippen LogP contribution in [0.5, 0.6) is 5.75 Å². The first-order chi connectivity index (χ1) is 18.2. The van der Waals surface area contributed by atoms with Gasteiger partial charge in [-0.15, -0.1) is 0 Å². The number of benzene rings is 5. The Morgan fingerprint density at radius 2 is 1.51 bits per heavy atom. The van der Waals surface area contributed by atoms with Gasteiger partial charge in [0, 0.05) is 17.9 Å². The lowest BCUT2D eigenvalue weighted by Gasteiger charge is -2.14. The number of rotatable bonds is 9. The Morgan fingerprint density at radius 1 is 0.757 bits per heavy atom. The van der Waals surface area contributed by atoms with Crippen LogP contribution in [-0.2, 0) is 6.42 Å². The summed E-state index contributed by atoms with van der Waals surface area (Å²) in [5.74, 6) is 0.369. The maximum Gasteiger partial charge on any atom is 0.259 e. The fraction of sp³-hybridized carbons (Fsp3) is 0.121. The van der Waals surface area contributed by atoms with Gasteiger partial charge in [0.15, 0.2) is 0 Å². The molecule has 0 saturated carbocycles. The van der Waals surface area contributed by atoms with Crippen molar-refractivity contribution in [3.8, 4) is 16.9 Å². The molecule has 0 radical (unpaired) electrons. The molecule has 5 aromatic carbocycles. The van der Waals surface area contributed by atoms with E-state index in [-0.39, 0.29) is 5.91 Å². The van der Waals surface area contributed by atoms with Crippen LogP contribution in [0, 0.1) is 0 Å². The highest BCUT2D eigenvalue weighted by Gasteiger charge is 2.16. The molecule has 0 heterocycles. The molecule has 37 heavy (non-hydrogen) atoms. The van der Waals surface area contributed by atoms with E-state index >= 15 is 0 Å². The molecule has 5 rings (SSSR count). The Balaban J connectivity index is 1.36. The average molecular weight is 487 g/mol. The first-order valence-electron chi connectivity index (χ1n) is 12.7.